The zero-order chi connectivity index (χ0) is 14.6. The lowest BCUT2D eigenvalue weighted by atomic mass is 10.2. The quantitative estimate of drug-likeness (QED) is 0.776. The van der Waals surface area contributed by atoms with Crippen LogP contribution in [0, 0.1) is 5.92 Å². The Balaban J connectivity index is 1.90. The summed E-state index contributed by atoms with van der Waals surface area (Å²) in [7, 11) is -3.51. The van der Waals surface area contributed by atoms with Crippen molar-refractivity contribution in [3.63, 3.8) is 0 Å². The highest BCUT2D eigenvalue weighted by atomic mass is 32.2. The van der Waals surface area contributed by atoms with Crippen LogP contribution in [0.25, 0.3) is 0 Å². The highest BCUT2D eigenvalue weighted by Gasteiger charge is 2.19. The smallest absolute Gasteiger partial charge is 0.242 e. The van der Waals surface area contributed by atoms with E-state index in [1.807, 2.05) is 0 Å². The van der Waals surface area contributed by atoms with E-state index in [1.54, 1.807) is 18.2 Å². The molecule has 3 N–H and O–H groups in total. The van der Waals surface area contributed by atoms with Crippen LogP contribution in [0.2, 0.25) is 0 Å². The third-order valence-electron chi connectivity index (χ3n) is 3.60. The number of hydrogen-bond acceptors (Lipinski definition) is 4. The lowest BCUT2D eigenvalue weighted by Crippen LogP contribution is -2.34. The van der Waals surface area contributed by atoms with Crippen LogP contribution in [0.4, 0.5) is 5.69 Å². The van der Waals surface area contributed by atoms with Crippen molar-refractivity contribution < 1.29 is 8.42 Å². The van der Waals surface area contributed by atoms with Gasteiger partial charge >= 0.3 is 0 Å². The third kappa shape index (κ3) is 3.94. The number of nitrogen functional groups attached to an aromatic ring is 1. The molecule has 1 atom stereocenters. The Kier molecular flexibility index (Phi) is 5.01. The van der Waals surface area contributed by atoms with E-state index < -0.39 is 10.0 Å². The van der Waals surface area contributed by atoms with E-state index in [1.165, 1.54) is 18.9 Å². The number of nitrogens with one attached hydrogen (secondary N) is 1. The molecule has 0 spiro atoms. The first-order valence-electron chi connectivity index (χ1n) is 7.05. The number of likely N-dealkylation sites (tertiary alicyclic amines) is 1. The second-order valence-electron chi connectivity index (χ2n) is 5.50. The second-order valence-corrected chi connectivity index (χ2v) is 7.24. The fourth-order valence-electron chi connectivity index (χ4n) is 2.53. The highest BCUT2D eigenvalue weighted by molar-refractivity contribution is 7.89. The number of benzene rings is 1. The Labute approximate surface area is 121 Å². The second kappa shape index (κ2) is 6.56. The summed E-state index contributed by atoms with van der Waals surface area (Å²) < 4.78 is 27.0. The lowest BCUT2D eigenvalue weighted by molar-refractivity contribution is 0.288. The zero-order valence-corrected chi connectivity index (χ0v) is 12.7. The molecule has 2 rings (SSSR count). The van der Waals surface area contributed by atoms with Crippen molar-refractivity contribution in [2.45, 2.75) is 24.7 Å². The molecule has 1 aliphatic heterocycles. The molecule has 0 aromatic heterocycles. The molecule has 5 nitrogen and oxygen atoms in total. The van der Waals surface area contributed by atoms with Gasteiger partial charge in [-0.15, -0.1) is 0 Å². The molecule has 1 aliphatic rings. The molecular weight excluding hydrogens is 274 g/mol. The molecule has 112 valence electrons. The van der Waals surface area contributed by atoms with Gasteiger partial charge < -0.3 is 10.6 Å². The number of para-hydroxylation sites is 1. The van der Waals surface area contributed by atoms with Crippen molar-refractivity contribution in [3.05, 3.63) is 24.3 Å². The van der Waals surface area contributed by atoms with Gasteiger partial charge in [-0.2, -0.15) is 0 Å². The molecule has 1 aromatic rings. The Morgan fingerprint density at radius 1 is 1.30 bits per heavy atom. The molecule has 0 amide bonds. The molecule has 1 saturated heterocycles. The van der Waals surface area contributed by atoms with Gasteiger partial charge in [-0.3, -0.25) is 0 Å². The van der Waals surface area contributed by atoms with Gasteiger partial charge in [-0.05, 0) is 44.0 Å². The maximum Gasteiger partial charge on any atom is 0.242 e. The van der Waals surface area contributed by atoms with Gasteiger partial charge in [0.25, 0.3) is 0 Å². The molecule has 1 heterocycles. The Morgan fingerprint density at radius 2 is 1.95 bits per heavy atom. The van der Waals surface area contributed by atoms with Gasteiger partial charge in [0.1, 0.15) is 4.90 Å². The molecule has 20 heavy (non-hydrogen) atoms. The molecular formula is C14H23N3O2S. The summed E-state index contributed by atoms with van der Waals surface area (Å²) in [6, 6.07) is 6.54. The van der Waals surface area contributed by atoms with E-state index in [0.29, 0.717) is 6.54 Å². The number of rotatable bonds is 6. The van der Waals surface area contributed by atoms with Crippen LogP contribution >= 0.6 is 0 Å². The normalized spacial score (nSPS) is 18.2. The Hall–Kier alpha value is -1.11. The van der Waals surface area contributed by atoms with Gasteiger partial charge in [0, 0.05) is 13.1 Å². The van der Waals surface area contributed by atoms with E-state index in [-0.39, 0.29) is 16.5 Å². The van der Waals surface area contributed by atoms with Crippen molar-refractivity contribution in [1.82, 2.24) is 9.62 Å². The maximum atomic E-state index is 12.2. The predicted molar refractivity (Wildman–Crippen MR) is 80.9 cm³/mol. The highest BCUT2D eigenvalue weighted by Crippen LogP contribution is 2.17. The van der Waals surface area contributed by atoms with Gasteiger partial charge in [-0.1, -0.05) is 19.1 Å². The first-order valence-corrected chi connectivity index (χ1v) is 8.54. The molecule has 0 saturated carbocycles. The first kappa shape index (κ1) is 15.3. The van der Waals surface area contributed by atoms with Crippen LogP contribution in [-0.4, -0.2) is 39.5 Å². The van der Waals surface area contributed by atoms with Crippen LogP contribution in [0.5, 0.6) is 0 Å². The number of hydrogen-bond donors (Lipinski definition) is 2. The third-order valence-corrected chi connectivity index (χ3v) is 5.10. The number of sulfonamides is 1. The van der Waals surface area contributed by atoms with Crippen LogP contribution < -0.4 is 10.5 Å². The number of nitrogens with two attached hydrogens (primary N) is 1. The van der Waals surface area contributed by atoms with Gasteiger partial charge in [0.2, 0.25) is 10.0 Å². The van der Waals surface area contributed by atoms with E-state index in [4.69, 9.17) is 5.73 Å². The summed E-state index contributed by atoms with van der Waals surface area (Å²) in [4.78, 5) is 2.55. The van der Waals surface area contributed by atoms with Crippen molar-refractivity contribution in [2.24, 2.45) is 5.92 Å². The standard InChI is InChI=1S/C14H23N3O2S/c1-12(11-17-8-4-5-9-17)10-16-20(18,19)14-7-3-2-6-13(14)15/h2-3,6-7,12,16H,4-5,8-11,15H2,1H3. The van der Waals surface area contributed by atoms with Crippen molar-refractivity contribution >= 4 is 15.7 Å². The summed E-state index contributed by atoms with van der Waals surface area (Å²) in [6.45, 7) is 5.70. The maximum absolute atomic E-state index is 12.2. The Bertz CT molecular complexity index is 539. The molecule has 0 aliphatic carbocycles. The van der Waals surface area contributed by atoms with Crippen molar-refractivity contribution in [3.8, 4) is 0 Å². The van der Waals surface area contributed by atoms with Crippen molar-refractivity contribution in [1.29, 1.82) is 0 Å². The average molecular weight is 297 g/mol. The molecule has 1 unspecified atom stereocenters. The predicted octanol–water partition coefficient (Wildman–Crippen LogP) is 1.28. The molecule has 1 aromatic carbocycles. The summed E-state index contributed by atoms with van der Waals surface area (Å²) in [5.74, 6) is 0.285. The van der Waals surface area contributed by atoms with E-state index in [0.717, 1.165) is 19.6 Å². The van der Waals surface area contributed by atoms with Gasteiger partial charge in [0.05, 0.1) is 5.69 Å². The van der Waals surface area contributed by atoms with Crippen LogP contribution in [0.3, 0.4) is 0 Å². The van der Waals surface area contributed by atoms with Gasteiger partial charge in [0.15, 0.2) is 0 Å². The lowest BCUT2D eigenvalue weighted by Gasteiger charge is -2.20. The summed E-state index contributed by atoms with van der Waals surface area (Å²) in [5, 5.41) is 0. The first-order chi connectivity index (χ1) is 9.49. The largest absolute Gasteiger partial charge is 0.398 e. The summed E-state index contributed by atoms with van der Waals surface area (Å²) in [5.41, 5.74) is 6.00. The minimum absolute atomic E-state index is 0.161. The van der Waals surface area contributed by atoms with E-state index in [9.17, 15) is 8.42 Å². The molecule has 6 heteroatoms. The SMILES string of the molecule is CC(CNS(=O)(=O)c1ccccc1N)CN1CCCC1. The fraction of sp³-hybridized carbons (Fsp3) is 0.571. The summed E-state index contributed by atoms with van der Waals surface area (Å²) in [6.07, 6.45) is 2.50. The number of nitrogens with zero attached hydrogens (tertiary/aromatic N) is 1. The van der Waals surface area contributed by atoms with Crippen LogP contribution in [0.1, 0.15) is 19.8 Å². The minimum Gasteiger partial charge on any atom is -0.398 e. The fourth-order valence-corrected chi connectivity index (χ4v) is 3.82. The summed E-state index contributed by atoms with van der Waals surface area (Å²) >= 11 is 0. The molecule has 1 fully saturated rings. The monoisotopic (exact) mass is 297 g/mol. The number of anilines is 1. The molecule has 0 bridgehead atoms. The minimum atomic E-state index is -3.51. The van der Waals surface area contributed by atoms with Gasteiger partial charge in [-0.25, -0.2) is 13.1 Å². The zero-order valence-electron chi connectivity index (χ0n) is 11.9. The van der Waals surface area contributed by atoms with Crippen LogP contribution in [0.15, 0.2) is 29.2 Å². The van der Waals surface area contributed by atoms with Crippen molar-refractivity contribution in [2.75, 3.05) is 31.9 Å². The Morgan fingerprint density at radius 3 is 2.60 bits per heavy atom. The average Bonchev–Trinajstić information content (AvgIpc) is 2.90. The van der Waals surface area contributed by atoms with E-state index in [2.05, 4.69) is 16.5 Å². The van der Waals surface area contributed by atoms with E-state index >= 15 is 0 Å². The molecule has 0 radical (unpaired) electrons. The van der Waals surface area contributed by atoms with Crippen LogP contribution in [-0.2, 0) is 10.0 Å². The topological polar surface area (TPSA) is 75.4 Å².